The van der Waals surface area contributed by atoms with Crippen molar-refractivity contribution in [3.8, 4) is 11.5 Å². The molecule has 0 saturated carbocycles. The molecule has 0 saturated heterocycles. The zero-order valence-electron chi connectivity index (χ0n) is 13.9. The smallest absolute Gasteiger partial charge is 0.254 e. The van der Waals surface area contributed by atoms with E-state index in [4.69, 9.17) is 4.42 Å². The summed E-state index contributed by atoms with van der Waals surface area (Å²) in [5.74, 6) is 0.784. The first kappa shape index (κ1) is 16.9. The maximum absolute atomic E-state index is 12.8. The fraction of sp³-hybridized carbons (Fsp3) is 0.211. The summed E-state index contributed by atoms with van der Waals surface area (Å²) in [6.45, 7) is 2.37. The molecule has 0 fully saturated rings. The monoisotopic (exact) mass is 337 g/mol. The lowest BCUT2D eigenvalue weighted by Gasteiger charge is -2.22. The van der Waals surface area contributed by atoms with E-state index in [1.807, 2.05) is 30.3 Å². The number of nitrogens with zero attached hydrogens (tertiary/aromatic N) is 3. The molecular weight excluding hydrogens is 318 g/mol. The van der Waals surface area contributed by atoms with Gasteiger partial charge in [-0.2, -0.15) is 0 Å². The molecule has 3 aromatic rings. The van der Waals surface area contributed by atoms with Gasteiger partial charge in [0.25, 0.3) is 5.91 Å². The van der Waals surface area contributed by atoms with Crippen molar-refractivity contribution in [2.45, 2.75) is 13.5 Å². The summed E-state index contributed by atoms with van der Waals surface area (Å²) >= 11 is 0. The Morgan fingerprint density at radius 1 is 1.08 bits per heavy atom. The molecule has 0 radical (unpaired) electrons. The number of aryl methyl sites for hydroxylation is 1. The molecule has 25 heavy (non-hydrogen) atoms. The predicted octanol–water partition coefficient (Wildman–Crippen LogP) is 2.68. The minimum Gasteiger partial charge on any atom is -0.421 e. The van der Waals surface area contributed by atoms with Gasteiger partial charge in [-0.05, 0) is 29.8 Å². The van der Waals surface area contributed by atoms with Gasteiger partial charge >= 0.3 is 0 Å². The number of hydrogen-bond donors (Lipinski definition) is 1. The predicted molar refractivity (Wildman–Crippen MR) is 92.7 cm³/mol. The number of benzene rings is 2. The maximum Gasteiger partial charge on any atom is 0.254 e. The largest absolute Gasteiger partial charge is 0.421 e. The molecule has 0 atom stereocenters. The number of carbonyl (C=O) groups excluding carboxylic acids is 1. The van der Waals surface area contributed by atoms with Crippen LogP contribution in [0.1, 0.15) is 21.8 Å². The van der Waals surface area contributed by atoms with Crippen molar-refractivity contribution < 1.29 is 14.3 Å². The molecule has 1 N–H and O–H groups in total. The number of carbonyl (C=O) groups is 1. The van der Waals surface area contributed by atoms with Crippen LogP contribution in [0.2, 0.25) is 0 Å². The van der Waals surface area contributed by atoms with E-state index in [0.717, 1.165) is 11.1 Å². The Labute approximate surface area is 145 Å². The van der Waals surface area contributed by atoms with Crippen LogP contribution in [0.25, 0.3) is 11.5 Å². The molecule has 6 nitrogen and oxygen atoms in total. The number of aromatic nitrogens is 2. The SMILES string of the molecule is Cc1nnc(-c2ccc(C(=O)N(CCO)Cc3ccccc3)cc2)o1. The summed E-state index contributed by atoms with van der Waals surface area (Å²) in [7, 11) is 0. The van der Waals surface area contributed by atoms with Crippen molar-refractivity contribution in [1.29, 1.82) is 0 Å². The van der Waals surface area contributed by atoms with Crippen LogP contribution >= 0.6 is 0 Å². The fourth-order valence-corrected chi connectivity index (χ4v) is 2.53. The highest BCUT2D eigenvalue weighted by Crippen LogP contribution is 2.19. The molecular formula is C19H19N3O3. The summed E-state index contributed by atoms with van der Waals surface area (Å²) in [5, 5.41) is 17.1. The minimum absolute atomic E-state index is 0.0854. The van der Waals surface area contributed by atoms with Crippen molar-refractivity contribution in [3.63, 3.8) is 0 Å². The minimum atomic E-state index is -0.133. The molecule has 6 heteroatoms. The van der Waals surface area contributed by atoms with E-state index in [0.29, 0.717) is 23.9 Å². The Morgan fingerprint density at radius 2 is 1.80 bits per heavy atom. The van der Waals surface area contributed by atoms with Crippen molar-refractivity contribution in [3.05, 3.63) is 71.6 Å². The molecule has 2 aromatic carbocycles. The average Bonchev–Trinajstić information content (AvgIpc) is 3.08. The lowest BCUT2D eigenvalue weighted by atomic mass is 10.1. The molecule has 1 aromatic heterocycles. The molecule has 0 bridgehead atoms. The van der Waals surface area contributed by atoms with Crippen LogP contribution in [0.4, 0.5) is 0 Å². The Kier molecular flexibility index (Phi) is 5.20. The van der Waals surface area contributed by atoms with Crippen LogP contribution in [0.15, 0.2) is 59.0 Å². The molecule has 1 heterocycles. The first-order valence-corrected chi connectivity index (χ1v) is 8.02. The van der Waals surface area contributed by atoms with E-state index in [9.17, 15) is 9.90 Å². The van der Waals surface area contributed by atoms with Crippen molar-refractivity contribution in [2.75, 3.05) is 13.2 Å². The Bertz CT molecular complexity index is 829. The summed E-state index contributed by atoms with van der Waals surface area (Å²) in [6, 6.07) is 16.7. The second-order valence-corrected chi connectivity index (χ2v) is 5.64. The third-order valence-corrected chi connectivity index (χ3v) is 3.78. The van der Waals surface area contributed by atoms with Crippen LogP contribution in [-0.2, 0) is 6.54 Å². The second-order valence-electron chi connectivity index (χ2n) is 5.64. The van der Waals surface area contributed by atoms with E-state index in [2.05, 4.69) is 10.2 Å². The average molecular weight is 337 g/mol. The van der Waals surface area contributed by atoms with Gasteiger partial charge < -0.3 is 14.4 Å². The van der Waals surface area contributed by atoms with Gasteiger partial charge in [0.05, 0.1) is 6.61 Å². The van der Waals surface area contributed by atoms with Gasteiger partial charge in [-0.25, -0.2) is 0 Å². The standard InChI is InChI=1S/C19H19N3O3/c1-14-20-21-18(25-14)16-7-9-17(10-8-16)19(24)22(11-12-23)13-15-5-3-2-4-6-15/h2-10,23H,11-13H2,1H3. The van der Waals surface area contributed by atoms with E-state index >= 15 is 0 Å². The fourth-order valence-electron chi connectivity index (χ4n) is 2.53. The van der Waals surface area contributed by atoms with E-state index in [1.165, 1.54) is 0 Å². The third-order valence-electron chi connectivity index (χ3n) is 3.78. The molecule has 0 aliphatic heterocycles. The van der Waals surface area contributed by atoms with Crippen molar-refractivity contribution >= 4 is 5.91 Å². The van der Waals surface area contributed by atoms with Crippen molar-refractivity contribution in [2.24, 2.45) is 0 Å². The zero-order chi connectivity index (χ0) is 17.6. The number of rotatable bonds is 6. The first-order valence-electron chi connectivity index (χ1n) is 8.02. The van der Waals surface area contributed by atoms with Crippen LogP contribution in [0, 0.1) is 6.92 Å². The maximum atomic E-state index is 12.8. The Hall–Kier alpha value is -2.99. The topological polar surface area (TPSA) is 79.5 Å². The number of aliphatic hydroxyl groups is 1. The molecule has 0 aliphatic carbocycles. The highest BCUT2D eigenvalue weighted by atomic mass is 16.4. The van der Waals surface area contributed by atoms with Crippen LogP contribution in [0.5, 0.6) is 0 Å². The third kappa shape index (κ3) is 4.10. The van der Waals surface area contributed by atoms with Crippen molar-refractivity contribution in [1.82, 2.24) is 15.1 Å². The number of aliphatic hydroxyl groups excluding tert-OH is 1. The quantitative estimate of drug-likeness (QED) is 0.748. The van der Waals surface area contributed by atoms with Crippen LogP contribution in [-0.4, -0.2) is 39.3 Å². The lowest BCUT2D eigenvalue weighted by molar-refractivity contribution is 0.0708. The molecule has 128 valence electrons. The molecule has 0 unspecified atom stereocenters. The zero-order valence-corrected chi connectivity index (χ0v) is 13.9. The van der Waals surface area contributed by atoms with E-state index in [1.54, 1.807) is 36.1 Å². The Balaban J connectivity index is 1.77. The van der Waals surface area contributed by atoms with E-state index < -0.39 is 0 Å². The van der Waals surface area contributed by atoms with Gasteiger partial charge in [0.1, 0.15) is 0 Å². The molecule has 3 rings (SSSR count). The van der Waals surface area contributed by atoms with Gasteiger partial charge in [-0.3, -0.25) is 4.79 Å². The summed E-state index contributed by atoms with van der Waals surface area (Å²) < 4.78 is 5.38. The van der Waals surface area contributed by atoms with Gasteiger partial charge in [-0.15, -0.1) is 10.2 Å². The van der Waals surface area contributed by atoms with Gasteiger partial charge in [0.15, 0.2) is 0 Å². The second kappa shape index (κ2) is 7.72. The van der Waals surface area contributed by atoms with Crippen LogP contribution < -0.4 is 0 Å². The molecule has 0 spiro atoms. The summed E-state index contributed by atoms with van der Waals surface area (Å²) in [6.07, 6.45) is 0. The summed E-state index contributed by atoms with van der Waals surface area (Å²) in [5.41, 5.74) is 2.32. The van der Waals surface area contributed by atoms with E-state index in [-0.39, 0.29) is 19.1 Å². The number of hydrogen-bond acceptors (Lipinski definition) is 5. The van der Waals surface area contributed by atoms with Gasteiger partial charge in [0.2, 0.25) is 11.8 Å². The molecule has 1 amide bonds. The number of amides is 1. The normalized spacial score (nSPS) is 10.6. The highest BCUT2D eigenvalue weighted by molar-refractivity contribution is 5.94. The van der Waals surface area contributed by atoms with Gasteiger partial charge in [0, 0.05) is 31.1 Å². The lowest BCUT2D eigenvalue weighted by Crippen LogP contribution is -2.33. The highest BCUT2D eigenvalue weighted by Gasteiger charge is 2.16. The Morgan fingerprint density at radius 3 is 2.40 bits per heavy atom. The first-order chi connectivity index (χ1) is 12.2. The van der Waals surface area contributed by atoms with Gasteiger partial charge in [-0.1, -0.05) is 30.3 Å². The molecule has 0 aliphatic rings. The van der Waals surface area contributed by atoms with Crippen LogP contribution in [0.3, 0.4) is 0 Å². The summed E-state index contributed by atoms with van der Waals surface area (Å²) in [4.78, 5) is 14.4.